The van der Waals surface area contributed by atoms with E-state index in [1.807, 2.05) is 0 Å². The van der Waals surface area contributed by atoms with Gasteiger partial charge in [0.2, 0.25) is 17.5 Å². The molecule has 2 N–H and O–H groups in total. The minimum atomic E-state index is -0.399. The molecule has 0 fully saturated rings. The molecule has 0 saturated heterocycles. The van der Waals surface area contributed by atoms with E-state index < -0.39 is 5.91 Å². The van der Waals surface area contributed by atoms with Gasteiger partial charge in [-0.15, -0.1) is 10.2 Å². The summed E-state index contributed by atoms with van der Waals surface area (Å²) in [6.45, 7) is 0.0000244. The van der Waals surface area contributed by atoms with E-state index in [0.717, 1.165) is 11.8 Å². The first kappa shape index (κ1) is 24.2. The number of hydrogen-bond donors (Lipinski definition) is 2. The van der Waals surface area contributed by atoms with Crippen molar-refractivity contribution in [3.05, 3.63) is 52.9 Å². The number of hydrogen-bond acceptors (Lipinski definition) is 9. The van der Waals surface area contributed by atoms with E-state index in [2.05, 4.69) is 20.8 Å². The summed E-state index contributed by atoms with van der Waals surface area (Å²) < 4.78 is 21.2. The standard InChI is InChI=1S/C21H21ClN4O6S/c1-29-15-8-12(9-16(30-2)19(15)31-3)20(28)23-10-18-25-26-21(32-18)33-11-17(27)24-14-6-4-13(22)5-7-14/h4-9H,10-11H2,1-3H3,(H,23,28)(H,24,27). The Bertz CT molecular complexity index is 1100. The van der Waals surface area contributed by atoms with E-state index in [0.29, 0.717) is 33.5 Å². The van der Waals surface area contributed by atoms with Gasteiger partial charge in [0.25, 0.3) is 11.1 Å². The van der Waals surface area contributed by atoms with Crippen molar-refractivity contribution in [2.24, 2.45) is 0 Å². The fourth-order valence-corrected chi connectivity index (χ4v) is 3.40. The lowest BCUT2D eigenvalue weighted by atomic mass is 10.1. The number of rotatable bonds is 10. The molecule has 174 valence electrons. The molecule has 3 rings (SSSR count). The topological polar surface area (TPSA) is 125 Å². The van der Waals surface area contributed by atoms with E-state index in [-0.39, 0.29) is 29.3 Å². The lowest BCUT2D eigenvalue weighted by Gasteiger charge is -2.13. The summed E-state index contributed by atoms with van der Waals surface area (Å²) in [5.74, 6) is 0.723. The summed E-state index contributed by atoms with van der Waals surface area (Å²) in [5, 5.41) is 14.0. The highest BCUT2D eigenvalue weighted by molar-refractivity contribution is 7.99. The number of methoxy groups -OCH3 is 3. The van der Waals surface area contributed by atoms with Gasteiger partial charge in [-0.1, -0.05) is 23.4 Å². The lowest BCUT2D eigenvalue weighted by molar-refractivity contribution is -0.113. The summed E-state index contributed by atoms with van der Waals surface area (Å²) in [6.07, 6.45) is 0. The van der Waals surface area contributed by atoms with Gasteiger partial charge in [0.15, 0.2) is 11.5 Å². The van der Waals surface area contributed by atoms with Gasteiger partial charge in [0.05, 0.1) is 33.6 Å². The Balaban J connectivity index is 1.53. The van der Waals surface area contributed by atoms with Crippen LogP contribution in [0.5, 0.6) is 17.2 Å². The number of benzene rings is 2. The Kier molecular flexibility index (Phi) is 8.39. The summed E-state index contributed by atoms with van der Waals surface area (Å²) in [4.78, 5) is 24.6. The maximum Gasteiger partial charge on any atom is 0.277 e. The Morgan fingerprint density at radius 3 is 2.30 bits per heavy atom. The number of amides is 2. The Morgan fingerprint density at radius 1 is 1.03 bits per heavy atom. The number of nitrogens with one attached hydrogen (secondary N) is 2. The van der Waals surface area contributed by atoms with Crippen molar-refractivity contribution < 1.29 is 28.2 Å². The van der Waals surface area contributed by atoms with Crippen molar-refractivity contribution in [3.8, 4) is 17.2 Å². The van der Waals surface area contributed by atoms with Gasteiger partial charge in [-0.05, 0) is 36.4 Å². The average molecular weight is 493 g/mol. The molecule has 0 spiro atoms. The number of carbonyl (C=O) groups is 2. The molecule has 3 aromatic rings. The third kappa shape index (κ3) is 6.53. The van der Waals surface area contributed by atoms with Crippen LogP contribution in [0.15, 0.2) is 46.0 Å². The Morgan fingerprint density at radius 2 is 1.70 bits per heavy atom. The second-order valence-electron chi connectivity index (χ2n) is 6.40. The first-order valence-electron chi connectivity index (χ1n) is 9.52. The Labute approximate surface area is 198 Å². The zero-order chi connectivity index (χ0) is 23.8. The zero-order valence-electron chi connectivity index (χ0n) is 18.0. The molecule has 0 aliphatic carbocycles. The van der Waals surface area contributed by atoms with Crippen molar-refractivity contribution in [3.63, 3.8) is 0 Å². The van der Waals surface area contributed by atoms with Crippen LogP contribution in [0.1, 0.15) is 16.2 Å². The number of nitrogens with zero attached hydrogens (tertiary/aromatic N) is 2. The SMILES string of the molecule is COc1cc(C(=O)NCc2nnc(SCC(=O)Nc3ccc(Cl)cc3)o2)cc(OC)c1OC. The molecule has 0 aliphatic heterocycles. The highest BCUT2D eigenvalue weighted by Gasteiger charge is 2.18. The molecular formula is C21H21ClN4O6S. The van der Waals surface area contributed by atoms with Gasteiger partial charge < -0.3 is 29.3 Å². The van der Waals surface area contributed by atoms with Crippen LogP contribution in [0.25, 0.3) is 0 Å². The third-order valence-electron chi connectivity index (χ3n) is 4.23. The van der Waals surface area contributed by atoms with E-state index in [1.54, 1.807) is 24.3 Å². The highest BCUT2D eigenvalue weighted by atomic mass is 35.5. The highest BCUT2D eigenvalue weighted by Crippen LogP contribution is 2.38. The average Bonchev–Trinajstić information content (AvgIpc) is 3.29. The fourth-order valence-electron chi connectivity index (χ4n) is 2.70. The van der Waals surface area contributed by atoms with Crippen molar-refractivity contribution in [1.29, 1.82) is 0 Å². The molecule has 1 heterocycles. The van der Waals surface area contributed by atoms with Crippen LogP contribution in [-0.4, -0.2) is 49.1 Å². The minimum Gasteiger partial charge on any atom is -0.493 e. The molecular weight excluding hydrogens is 472 g/mol. The van der Waals surface area contributed by atoms with Gasteiger partial charge in [0, 0.05) is 16.3 Å². The third-order valence-corrected chi connectivity index (χ3v) is 5.30. The number of anilines is 1. The van der Waals surface area contributed by atoms with Crippen molar-refractivity contribution in [2.45, 2.75) is 11.8 Å². The van der Waals surface area contributed by atoms with E-state index in [9.17, 15) is 9.59 Å². The molecule has 0 aliphatic rings. The first-order valence-corrected chi connectivity index (χ1v) is 10.9. The number of thioether (sulfide) groups is 1. The quantitative estimate of drug-likeness (QED) is 0.409. The molecule has 1 aromatic heterocycles. The molecule has 0 bridgehead atoms. The number of carbonyl (C=O) groups excluding carboxylic acids is 2. The number of aromatic nitrogens is 2. The molecule has 2 aromatic carbocycles. The predicted molar refractivity (Wildman–Crippen MR) is 122 cm³/mol. The van der Waals surface area contributed by atoms with Gasteiger partial charge in [0.1, 0.15) is 0 Å². The van der Waals surface area contributed by atoms with E-state index in [4.69, 9.17) is 30.2 Å². The smallest absolute Gasteiger partial charge is 0.277 e. The molecule has 10 nitrogen and oxygen atoms in total. The van der Waals surface area contributed by atoms with Crippen LogP contribution < -0.4 is 24.8 Å². The normalized spacial score (nSPS) is 10.4. The predicted octanol–water partition coefficient (Wildman–Crippen LogP) is 3.41. The molecule has 33 heavy (non-hydrogen) atoms. The maximum atomic E-state index is 12.6. The summed E-state index contributed by atoms with van der Waals surface area (Å²) >= 11 is 6.90. The number of halogens is 1. The minimum absolute atomic E-state index is 0.0000244. The first-order chi connectivity index (χ1) is 15.9. The van der Waals surface area contributed by atoms with Crippen LogP contribution in [0.2, 0.25) is 5.02 Å². The van der Waals surface area contributed by atoms with Crippen LogP contribution in [0.3, 0.4) is 0 Å². The summed E-state index contributed by atoms with van der Waals surface area (Å²) in [5.41, 5.74) is 0.934. The molecule has 0 atom stereocenters. The van der Waals surface area contributed by atoms with Crippen LogP contribution in [-0.2, 0) is 11.3 Å². The largest absolute Gasteiger partial charge is 0.493 e. The molecule has 0 saturated carbocycles. The van der Waals surface area contributed by atoms with Gasteiger partial charge in [-0.2, -0.15) is 0 Å². The fraction of sp³-hybridized carbons (Fsp3) is 0.238. The second-order valence-corrected chi connectivity index (χ2v) is 7.77. The van der Waals surface area contributed by atoms with Gasteiger partial charge in [-0.3, -0.25) is 9.59 Å². The van der Waals surface area contributed by atoms with Crippen molar-refractivity contribution in [2.75, 3.05) is 32.4 Å². The zero-order valence-corrected chi connectivity index (χ0v) is 19.6. The molecule has 0 radical (unpaired) electrons. The van der Waals surface area contributed by atoms with Gasteiger partial charge >= 0.3 is 0 Å². The van der Waals surface area contributed by atoms with Crippen LogP contribution in [0, 0.1) is 0 Å². The maximum absolute atomic E-state index is 12.6. The van der Waals surface area contributed by atoms with Crippen LogP contribution in [0.4, 0.5) is 5.69 Å². The summed E-state index contributed by atoms with van der Waals surface area (Å²) in [7, 11) is 4.41. The summed E-state index contributed by atoms with van der Waals surface area (Å²) in [6, 6.07) is 9.83. The number of ether oxygens (including phenoxy) is 3. The van der Waals surface area contributed by atoms with E-state index in [1.165, 1.54) is 33.5 Å². The van der Waals surface area contributed by atoms with Gasteiger partial charge in [-0.25, -0.2) is 0 Å². The monoisotopic (exact) mass is 492 g/mol. The molecule has 0 unspecified atom stereocenters. The van der Waals surface area contributed by atoms with Crippen LogP contribution >= 0.6 is 23.4 Å². The van der Waals surface area contributed by atoms with Crippen molar-refractivity contribution >= 4 is 40.9 Å². The van der Waals surface area contributed by atoms with Crippen molar-refractivity contribution in [1.82, 2.24) is 15.5 Å². The van der Waals surface area contributed by atoms with E-state index >= 15 is 0 Å². The Hall–Kier alpha value is -3.44. The second kappa shape index (κ2) is 11.4. The molecule has 2 amide bonds. The lowest BCUT2D eigenvalue weighted by Crippen LogP contribution is -2.23. The molecule has 12 heteroatoms.